The SMILES string of the molecule is Cc1csc(CN(C)C(=O)c2cccc(C(=O)N[C@H](Cc3ccccc3)[C@H](O)CNCc3cncc(C(C)C)c3)c2)n1. The summed E-state index contributed by atoms with van der Waals surface area (Å²) in [5.74, 6) is -0.166. The molecule has 4 rings (SSSR count). The average Bonchev–Trinajstić information content (AvgIpc) is 3.41. The number of hydrogen-bond acceptors (Lipinski definition) is 7. The smallest absolute Gasteiger partial charge is 0.253 e. The largest absolute Gasteiger partial charge is 0.390 e. The second kappa shape index (κ2) is 14.8. The molecule has 42 heavy (non-hydrogen) atoms. The van der Waals surface area contributed by atoms with Gasteiger partial charge in [0.25, 0.3) is 11.8 Å². The number of aryl methyl sites for hydroxylation is 1. The third kappa shape index (κ3) is 8.79. The number of hydrogen-bond donors (Lipinski definition) is 3. The van der Waals surface area contributed by atoms with Crippen molar-refractivity contribution in [2.45, 2.75) is 58.3 Å². The number of aliphatic hydroxyl groups excluding tert-OH is 1. The van der Waals surface area contributed by atoms with Crippen molar-refractivity contribution in [2.24, 2.45) is 0 Å². The van der Waals surface area contributed by atoms with Crippen LogP contribution in [0.25, 0.3) is 0 Å². The van der Waals surface area contributed by atoms with Gasteiger partial charge in [0, 0.05) is 54.7 Å². The molecule has 0 spiro atoms. The second-order valence-electron chi connectivity index (χ2n) is 10.9. The van der Waals surface area contributed by atoms with E-state index < -0.39 is 12.1 Å². The van der Waals surface area contributed by atoms with Gasteiger partial charge in [-0.05, 0) is 54.2 Å². The highest BCUT2D eigenvalue weighted by Gasteiger charge is 2.23. The van der Waals surface area contributed by atoms with E-state index in [2.05, 4.69) is 40.5 Å². The molecule has 0 radical (unpaired) electrons. The first-order chi connectivity index (χ1) is 20.2. The van der Waals surface area contributed by atoms with Gasteiger partial charge < -0.3 is 20.6 Å². The number of rotatable bonds is 13. The third-order valence-corrected chi connectivity index (χ3v) is 7.95. The fraction of sp³-hybridized carbons (Fsp3) is 0.333. The number of nitrogens with zero attached hydrogens (tertiary/aromatic N) is 3. The molecule has 220 valence electrons. The summed E-state index contributed by atoms with van der Waals surface area (Å²) in [6.07, 6.45) is 3.29. The molecule has 2 heterocycles. The van der Waals surface area contributed by atoms with Crippen molar-refractivity contribution in [1.29, 1.82) is 0 Å². The molecule has 2 aromatic carbocycles. The molecule has 3 N–H and O–H groups in total. The summed E-state index contributed by atoms with van der Waals surface area (Å²) in [5, 5.41) is 20.3. The zero-order valence-corrected chi connectivity index (χ0v) is 25.4. The van der Waals surface area contributed by atoms with Crippen LogP contribution in [0.4, 0.5) is 0 Å². The maximum absolute atomic E-state index is 13.4. The van der Waals surface area contributed by atoms with E-state index in [1.165, 1.54) is 11.3 Å². The molecule has 0 aliphatic carbocycles. The van der Waals surface area contributed by atoms with Crippen molar-refractivity contribution in [3.05, 3.63) is 117 Å². The molecule has 2 aromatic heterocycles. The Balaban J connectivity index is 1.42. The lowest BCUT2D eigenvalue weighted by Gasteiger charge is -2.25. The van der Waals surface area contributed by atoms with Crippen LogP contribution in [-0.4, -0.2) is 57.5 Å². The fourth-order valence-electron chi connectivity index (χ4n) is 4.59. The minimum absolute atomic E-state index is 0.196. The number of amides is 2. The molecular weight excluding hydrogens is 546 g/mol. The van der Waals surface area contributed by atoms with E-state index in [4.69, 9.17) is 0 Å². The van der Waals surface area contributed by atoms with Gasteiger partial charge >= 0.3 is 0 Å². The standard InChI is InChI=1S/C33H39N5O3S/c1-22(2)28-13-25(16-34-18-28)17-35-19-30(39)29(14-24-9-6-5-7-10-24)37-32(40)26-11-8-12-27(15-26)33(41)38(4)20-31-36-23(3)21-42-31/h5-13,15-16,18,21-22,29-30,35,39H,14,17,19-20H2,1-4H3,(H,37,40)/t29-,30-/m1/s1. The van der Waals surface area contributed by atoms with Crippen LogP contribution in [0.1, 0.15) is 67.9 Å². The number of thiazole rings is 1. The number of nitrogens with one attached hydrogen (secondary N) is 2. The van der Waals surface area contributed by atoms with Crippen molar-refractivity contribution >= 4 is 23.2 Å². The van der Waals surface area contributed by atoms with Crippen molar-refractivity contribution in [3.8, 4) is 0 Å². The van der Waals surface area contributed by atoms with E-state index in [0.717, 1.165) is 27.4 Å². The minimum atomic E-state index is -0.854. The van der Waals surface area contributed by atoms with Gasteiger partial charge in [0.2, 0.25) is 0 Å². The van der Waals surface area contributed by atoms with Crippen molar-refractivity contribution in [2.75, 3.05) is 13.6 Å². The van der Waals surface area contributed by atoms with Crippen molar-refractivity contribution in [3.63, 3.8) is 0 Å². The van der Waals surface area contributed by atoms with Gasteiger partial charge in [0.15, 0.2) is 0 Å². The highest BCUT2D eigenvalue weighted by Crippen LogP contribution is 2.16. The van der Waals surface area contributed by atoms with Crippen LogP contribution >= 0.6 is 11.3 Å². The molecule has 0 unspecified atom stereocenters. The first-order valence-electron chi connectivity index (χ1n) is 14.1. The van der Waals surface area contributed by atoms with Gasteiger partial charge in [-0.2, -0.15) is 0 Å². The van der Waals surface area contributed by atoms with Gasteiger partial charge in [-0.15, -0.1) is 11.3 Å². The Morgan fingerprint density at radius 1 is 1.00 bits per heavy atom. The van der Waals surface area contributed by atoms with Gasteiger partial charge in [0.1, 0.15) is 5.01 Å². The first kappa shape index (κ1) is 31.0. The first-order valence-corrected chi connectivity index (χ1v) is 15.0. The summed E-state index contributed by atoms with van der Waals surface area (Å²) in [7, 11) is 1.72. The van der Waals surface area contributed by atoms with E-state index in [1.807, 2.05) is 55.0 Å². The second-order valence-corrected chi connectivity index (χ2v) is 11.8. The van der Waals surface area contributed by atoms with E-state index >= 15 is 0 Å². The Hall–Kier alpha value is -3.92. The van der Waals surface area contributed by atoms with E-state index in [-0.39, 0.29) is 18.4 Å². The lowest BCUT2D eigenvalue weighted by Crippen LogP contribution is -2.48. The van der Waals surface area contributed by atoms with E-state index in [1.54, 1.807) is 36.2 Å². The number of carbonyl (C=O) groups is 2. The summed E-state index contributed by atoms with van der Waals surface area (Å²) in [6.45, 7) is 7.40. The zero-order valence-electron chi connectivity index (χ0n) is 24.6. The monoisotopic (exact) mass is 585 g/mol. The highest BCUT2D eigenvalue weighted by molar-refractivity contribution is 7.09. The molecule has 0 saturated heterocycles. The average molecular weight is 586 g/mol. The van der Waals surface area contributed by atoms with Crippen LogP contribution in [0.5, 0.6) is 0 Å². The Kier molecular flexibility index (Phi) is 10.9. The van der Waals surface area contributed by atoms with Crippen LogP contribution in [-0.2, 0) is 19.5 Å². The number of aliphatic hydroxyl groups is 1. The van der Waals surface area contributed by atoms with Crippen LogP contribution in [0.15, 0.2) is 78.4 Å². The zero-order chi connectivity index (χ0) is 30.1. The van der Waals surface area contributed by atoms with E-state index in [0.29, 0.717) is 36.6 Å². The molecule has 0 aliphatic heterocycles. The number of aromatic nitrogens is 2. The molecule has 0 fully saturated rings. The van der Waals surface area contributed by atoms with Gasteiger partial charge in [-0.3, -0.25) is 14.6 Å². The molecule has 9 heteroatoms. The Bertz CT molecular complexity index is 1470. The Morgan fingerprint density at radius 3 is 2.48 bits per heavy atom. The van der Waals surface area contributed by atoms with Gasteiger partial charge in [-0.25, -0.2) is 4.98 Å². The van der Waals surface area contributed by atoms with Gasteiger partial charge in [0.05, 0.1) is 18.7 Å². The van der Waals surface area contributed by atoms with E-state index in [9.17, 15) is 14.7 Å². The summed E-state index contributed by atoms with van der Waals surface area (Å²) in [6, 6.07) is 18.0. The Morgan fingerprint density at radius 2 is 1.76 bits per heavy atom. The Labute approximate surface area is 251 Å². The van der Waals surface area contributed by atoms with Crippen LogP contribution < -0.4 is 10.6 Å². The number of benzene rings is 2. The summed E-state index contributed by atoms with van der Waals surface area (Å²) in [4.78, 5) is 36.9. The molecule has 0 aliphatic rings. The van der Waals surface area contributed by atoms with Crippen LogP contribution in [0.3, 0.4) is 0 Å². The molecular formula is C33H39N5O3S. The number of pyridine rings is 1. The summed E-state index contributed by atoms with van der Waals surface area (Å²) < 4.78 is 0. The molecule has 2 amide bonds. The molecule has 4 aromatic rings. The summed E-state index contributed by atoms with van der Waals surface area (Å²) in [5.41, 5.74) is 4.89. The topological polar surface area (TPSA) is 107 Å². The molecule has 0 bridgehead atoms. The fourth-order valence-corrected chi connectivity index (χ4v) is 5.42. The molecule has 0 saturated carbocycles. The minimum Gasteiger partial charge on any atom is -0.390 e. The lowest BCUT2D eigenvalue weighted by atomic mass is 10.00. The van der Waals surface area contributed by atoms with Gasteiger partial charge in [-0.1, -0.05) is 56.3 Å². The lowest BCUT2D eigenvalue weighted by molar-refractivity contribution is 0.0784. The predicted octanol–water partition coefficient (Wildman–Crippen LogP) is 4.73. The third-order valence-electron chi connectivity index (χ3n) is 7.00. The predicted molar refractivity (Wildman–Crippen MR) is 167 cm³/mol. The van der Waals surface area contributed by atoms with Crippen molar-refractivity contribution < 1.29 is 14.7 Å². The normalized spacial score (nSPS) is 12.6. The quantitative estimate of drug-likeness (QED) is 0.209. The maximum Gasteiger partial charge on any atom is 0.253 e. The van der Waals surface area contributed by atoms with Crippen LogP contribution in [0, 0.1) is 6.92 Å². The molecule has 8 nitrogen and oxygen atoms in total. The van der Waals surface area contributed by atoms with Crippen molar-refractivity contribution in [1.82, 2.24) is 25.5 Å². The highest BCUT2D eigenvalue weighted by atomic mass is 32.1. The summed E-state index contributed by atoms with van der Waals surface area (Å²) >= 11 is 1.51. The van der Waals surface area contributed by atoms with Crippen LogP contribution in [0.2, 0.25) is 0 Å². The maximum atomic E-state index is 13.4. The molecule has 2 atom stereocenters. The number of carbonyl (C=O) groups excluding carboxylic acids is 2.